The van der Waals surface area contributed by atoms with Crippen molar-refractivity contribution in [3.05, 3.63) is 44.2 Å². The molecule has 54 heavy (non-hydrogen) atoms. The van der Waals surface area contributed by atoms with Crippen molar-refractivity contribution in [2.24, 2.45) is 73.3 Å². The molecule has 296 valence electrons. The minimum atomic E-state index is -0.556. The van der Waals surface area contributed by atoms with Gasteiger partial charge in [-0.05, 0) is 187 Å². The number of amides is 2. The zero-order valence-corrected chi connectivity index (χ0v) is 33.4. The maximum atomic E-state index is 11.4. The number of rotatable bonds is 6. The Balaban J connectivity index is 0.000000167. The summed E-state index contributed by atoms with van der Waals surface area (Å²) < 4.78 is 11.4. The molecule has 11 heteroatoms. The molecule has 12 unspecified atom stereocenters. The van der Waals surface area contributed by atoms with Crippen LogP contribution in [0.2, 0.25) is 0 Å². The van der Waals surface area contributed by atoms with Crippen LogP contribution in [0.4, 0.5) is 0 Å². The number of carbonyl (C=O) groups is 2. The molecular formula is C43H64N6O5. The predicted octanol–water partition coefficient (Wildman–Crippen LogP) is 10.3. The zero-order valence-electron chi connectivity index (χ0n) is 33.4. The molecule has 8 aliphatic rings. The second-order valence-corrected chi connectivity index (χ2v) is 19.7. The van der Waals surface area contributed by atoms with E-state index >= 15 is 0 Å². The molecule has 0 aromatic carbocycles. The molecule has 2 amide bonds. The second kappa shape index (κ2) is 15.3. The van der Waals surface area contributed by atoms with Gasteiger partial charge in [-0.3, -0.25) is 9.59 Å². The molecule has 0 heterocycles. The Hall–Kier alpha value is -2.68. The van der Waals surface area contributed by atoms with E-state index in [1.807, 2.05) is 0 Å². The van der Waals surface area contributed by atoms with Crippen molar-refractivity contribution in [1.82, 2.24) is 0 Å². The molecule has 11 nitrogen and oxygen atoms in total. The number of aliphatic hydroxyl groups excluding tert-OH is 1. The van der Waals surface area contributed by atoms with Crippen molar-refractivity contribution in [3.8, 4) is 0 Å². The van der Waals surface area contributed by atoms with E-state index < -0.39 is 11.8 Å². The summed E-state index contributed by atoms with van der Waals surface area (Å²) in [7, 11) is 0. The first-order chi connectivity index (χ1) is 25.8. The summed E-state index contributed by atoms with van der Waals surface area (Å²) in [5.74, 6) is 4.51. The van der Waals surface area contributed by atoms with Crippen LogP contribution in [0.3, 0.4) is 0 Å². The Morgan fingerprint density at radius 1 is 0.667 bits per heavy atom. The van der Waals surface area contributed by atoms with E-state index in [-0.39, 0.29) is 42.4 Å². The predicted molar refractivity (Wildman–Crippen MR) is 206 cm³/mol. The number of ether oxygens (including phenoxy) is 2. The molecule has 8 rings (SSSR count). The Labute approximate surface area is 321 Å². The van der Waals surface area contributed by atoms with Crippen LogP contribution in [0.25, 0.3) is 20.9 Å². The lowest BCUT2D eigenvalue weighted by Crippen LogP contribution is -2.51. The van der Waals surface area contributed by atoms with Crippen LogP contribution in [-0.2, 0) is 19.1 Å². The molecule has 0 saturated heterocycles. The van der Waals surface area contributed by atoms with Gasteiger partial charge in [-0.2, -0.15) is 0 Å². The van der Waals surface area contributed by atoms with E-state index in [4.69, 9.17) is 20.5 Å². The molecule has 0 bridgehead atoms. The first-order valence-corrected chi connectivity index (χ1v) is 21.3. The van der Waals surface area contributed by atoms with Gasteiger partial charge in [0.05, 0.1) is 18.3 Å². The maximum absolute atomic E-state index is 11.4. The summed E-state index contributed by atoms with van der Waals surface area (Å²) in [5.41, 5.74) is 21.0. The Kier molecular flexibility index (Phi) is 11.2. The third-order valence-electron chi connectivity index (χ3n) is 17.7. The van der Waals surface area contributed by atoms with Crippen molar-refractivity contribution < 1.29 is 24.2 Å². The average Bonchev–Trinajstić information content (AvgIpc) is 3.63. The molecule has 0 aromatic rings. The van der Waals surface area contributed by atoms with Gasteiger partial charge in [-0.25, -0.2) is 0 Å². The Morgan fingerprint density at radius 3 is 1.63 bits per heavy atom. The molecule has 14 atom stereocenters. The van der Waals surface area contributed by atoms with Gasteiger partial charge >= 0.3 is 0 Å². The third-order valence-corrected chi connectivity index (χ3v) is 17.7. The fraction of sp³-hybridized carbons (Fsp3) is 0.860. The third kappa shape index (κ3) is 6.89. The summed E-state index contributed by atoms with van der Waals surface area (Å²) in [4.78, 5) is 27.9. The molecule has 1 N–H and O–H groups in total. The normalized spacial score (nSPS) is 45.7. The smallest absolute Gasteiger partial charge is 0.244 e. The zero-order chi connectivity index (χ0) is 38.5. The highest BCUT2D eigenvalue weighted by Crippen LogP contribution is 2.67. The van der Waals surface area contributed by atoms with E-state index in [9.17, 15) is 14.7 Å². The van der Waals surface area contributed by atoms with Gasteiger partial charge in [-0.1, -0.05) is 57.9 Å². The molecule has 0 aliphatic heterocycles. The summed E-state index contributed by atoms with van der Waals surface area (Å²) in [6.07, 6.45) is 23.4. The number of nitrogens with zero attached hydrogens (tertiary/aromatic N) is 6. The number of azide groups is 2. The van der Waals surface area contributed by atoms with Crippen molar-refractivity contribution in [3.63, 3.8) is 0 Å². The number of fused-ring (bicyclic) bond motifs is 10. The van der Waals surface area contributed by atoms with Crippen molar-refractivity contribution in [1.29, 1.82) is 0 Å². The largest absolute Gasteiger partial charge is 0.393 e. The summed E-state index contributed by atoms with van der Waals surface area (Å²) >= 11 is 0. The summed E-state index contributed by atoms with van der Waals surface area (Å²) in [6, 6.07) is 0. The lowest BCUT2D eigenvalue weighted by atomic mass is 9.47. The number of aliphatic hydroxyl groups is 1. The van der Waals surface area contributed by atoms with Crippen LogP contribution in [0.1, 0.15) is 137 Å². The SMILES string of the molecule is CC12CC[C@H](OCC(=O)N=[N+]=[N-])C=C1CCC1C2CCC2(C)C(O)CCC12.CC1CCC2C3CCC4=C[C@H](OCC(=O)N=[N+]=[N-])CCC4(C)C3CCC12C. The second-order valence-electron chi connectivity index (χ2n) is 19.7. The highest BCUT2D eigenvalue weighted by molar-refractivity contribution is 5.78. The minimum absolute atomic E-state index is 0.0113. The highest BCUT2D eigenvalue weighted by atomic mass is 16.5. The van der Waals surface area contributed by atoms with Crippen LogP contribution in [-0.4, -0.2) is 48.4 Å². The van der Waals surface area contributed by atoms with Crippen molar-refractivity contribution in [2.45, 2.75) is 156 Å². The number of hydrogen-bond acceptors (Lipinski definition) is 5. The summed E-state index contributed by atoms with van der Waals surface area (Å²) in [6.45, 7) is 12.1. The topological polar surface area (TPSA) is 170 Å². The molecule has 0 radical (unpaired) electrons. The van der Waals surface area contributed by atoms with Gasteiger partial charge in [0.25, 0.3) is 0 Å². The Bertz CT molecular complexity index is 1520. The number of allylic oxidation sites excluding steroid dienone is 2. The van der Waals surface area contributed by atoms with E-state index in [1.165, 1.54) is 63.4 Å². The number of hydrogen-bond donors (Lipinski definition) is 1. The standard InChI is InChI=1S/C22H33N3O2.C21H31N3O3/c1-14-4-7-18-17-6-5-15-12-16(27-13-20(26)24-25-23)8-10-22(15,3)19(17)9-11-21(14,18)2;1-20-9-7-14(27-12-19(26)23-24-22)11-13(20)3-4-15-16-5-6-18(25)21(16,2)10-8-17(15)20/h12,14,16-19H,4-11,13H2,1-3H3;11,14-18,25H,3-10,12H2,1-2H3/t14?,16-,17?,18?,19?,21?,22?;14-,15?,16?,17?,18?,20?,21?/m10/s1. The van der Waals surface area contributed by atoms with E-state index in [1.54, 1.807) is 5.57 Å². The van der Waals surface area contributed by atoms with Gasteiger partial charge in [0.15, 0.2) is 0 Å². The average molecular weight is 745 g/mol. The van der Waals surface area contributed by atoms with Crippen LogP contribution >= 0.6 is 0 Å². The monoisotopic (exact) mass is 744 g/mol. The first-order valence-electron chi connectivity index (χ1n) is 21.3. The molecule has 6 fully saturated rings. The van der Waals surface area contributed by atoms with E-state index in [0.29, 0.717) is 22.7 Å². The van der Waals surface area contributed by atoms with Crippen LogP contribution < -0.4 is 0 Å². The number of carbonyl (C=O) groups excluding carboxylic acids is 2. The first kappa shape index (κ1) is 39.6. The van der Waals surface area contributed by atoms with Crippen molar-refractivity contribution >= 4 is 11.8 Å². The van der Waals surface area contributed by atoms with E-state index in [2.05, 4.69) is 66.8 Å². The lowest BCUT2D eigenvalue weighted by molar-refractivity contribution is -0.125. The van der Waals surface area contributed by atoms with E-state index in [0.717, 1.165) is 74.5 Å². The summed E-state index contributed by atoms with van der Waals surface area (Å²) in [5, 5.41) is 16.7. The van der Waals surface area contributed by atoms with Gasteiger partial charge < -0.3 is 14.6 Å². The molecule has 8 aliphatic carbocycles. The van der Waals surface area contributed by atoms with Crippen LogP contribution in [0, 0.1) is 63.1 Å². The Morgan fingerprint density at radius 2 is 1.13 bits per heavy atom. The quantitative estimate of drug-likeness (QED) is 0.123. The maximum Gasteiger partial charge on any atom is 0.244 e. The fourth-order valence-corrected chi connectivity index (χ4v) is 14.4. The molecule has 6 saturated carbocycles. The van der Waals surface area contributed by atoms with Crippen LogP contribution in [0.5, 0.6) is 0 Å². The molecule has 0 spiro atoms. The van der Waals surface area contributed by atoms with Gasteiger partial charge in [0, 0.05) is 9.82 Å². The van der Waals surface area contributed by atoms with Gasteiger partial charge in [-0.15, -0.1) is 0 Å². The fourth-order valence-electron chi connectivity index (χ4n) is 14.4. The minimum Gasteiger partial charge on any atom is -0.393 e. The van der Waals surface area contributed by atoms with Gasteiger partial charge in [0.1, 0.15) is 13.2 Å². The lowest BCUT2D eigenvalue weighted by Gasteiger charge is -2.58. The van der Waals surface area contributed by atoms with Crippen LogP contribution in [0.15, 0.2) is 33.5 Å². The van der Waals surface area contributed by atoms with Gasteiger partial charge in [0.2, 0.25) is 11.8 Å². The molecular weight excluding hydrogens is 681 g/mol. The molecule has 0 aromatic heterocycles. The van der Waals surface area contributed by atoms with Crippen molar-refractivity contribution in [2.75, 3.05) is 13.2 Å². The highest BCUT2D eigenvalue weighted by Gasteiger charge is 2.60.